The van der Waals surface area contributed by atoms with Crippen LogP contribution in [-0.4, -0.2) is 30.9 Å². The average Bonchev–Trinajstić information content (AvgIpc) is 2.43. The minimum Gasteiger partial charge on any atom is -0.497 e. The second-order valence-electron chi connectivity index (χ2n) is 3.79. The number of hydrogen-bond acceptors (Lipinski definition) is 6. The molecule has 106 valence electrons. The second-order valence-corrected chi connectivity index (χ2v) is 3.79. The molecule has 1 aromatic carbocycles. The summed E-state index contributed by atoms with van der Waals surface area (Å²) in [4.78, 5) is 33.2. The van der Waals surface area contributed by atoms with E-state index in [1.54, 1.807) is 0 Å². The number of ketones is 1. The van der Waals surface area contributed by atoms with Gasteiger partial charge in [0.25, 0.3) is 5.69 Å². The van der Waals surface area contributed by atoms with E-state index in [1.165, 1.54) is 32.2 Å². The standard InChI is InChI=1S/C13H13NO6/c1-8(15)11(13(16)20-3)6-9-4-5-10(19-2)7-12(9)14(17)18/h4-7H,1-3H3/b11-6+. The van der Waals surface area contributed by atoms with Gasteiger partial charge in [-0.1, -0.05) is 0 Å². The number of carbonyl (C=O) groups is 2. The minimum absolute atomic E-state index is 0.117. The molecule has 0 saturated carbocycles. The lowest BCUT2D eigenvalue weighted by molar-refractivity contribution is -0.385. The van der Waals surface area contributed by atoms with Crippen molar-refractivity contribution < 1.29 is 24.0 Å². The number of Topliss-reactive ketones (excluding diaryl/α,β-unsaturated/α-hetero) is 1. The summed E-state index contributed by atoms with van der Waals surface area (Å²) < 4.78 is 9.37. The third-order valence-corrected chi connectivity index (χ3v) is 2.52. The summed E-state index contributed by atoms with van der Waals surface area (Å²) in [5, 5.41) is 11.0. The van der Waals surface area contributed by atoms with Crippen LogP contribution in [0.15, 0.2) is 23.8 Å². The topological polar surface area (TPSA) is 95.7 Å². The lowest BCUT2D eigenvalue weighted by Gasteiger charge is -2.04. The van der Waals surface area contributed by atoms with Crippen LogP contribution in [-0.2, 0) is 14.3 Å². The predicted molar refractivity (Wildman–Crippen MR) is 70.3 cm³/mol. The molecule has 1 rings (SSSR count). The van der Waals surface area contributed by atoms with Gasteiger partial charge in [0.15, 0.2) is 5.78 Å². The molecule has 1 aromatic rings. The van der Waals surface area contributed by atoms with E-state index in [1.807, 2.05) is 0 Å². The highest BCUT2D eigenvalue weighted by molar-refractivity contribution is 6.19. The smallest absolute Gasteiger partial charge is 0.341 e. The van der Waals surface area contributed by atoms with Crippen molar-refractivity contribution in [3.8, 4) is 5.75 Å². The summed E-state index contributed by atoms with van der Waals surface area (Å²) in [6, 6.07) is 4.09. The summed E-state index contributed by atoms with van der Waals surface area (Å²) in [5.41, 5.74) is -0.417. The predicted octanol–water partition coefficient (Wildman–Crippen LogP) is 1.75. The Bertz CT molecular complexity index is 591. The Balaban J connectivity index is 3.41. The zero-order valence-electron chi connectivity index (χ0n) is 11.2. The number of nitro benzene ring substituents is 1. The van der Waals surface area contributed by atoms with Gasteiger partial charge in [-0.15, -0.1) is 0 Å². The fraction of sp³-hybridized carbons (Fsp3) is 0.231. The van der Waals surface area contributed by atoms with Gasteiger partial charge in [-0.2, -0.15) is 0 Å². The van der Waals surface area contributed by atoms with E-state index in [0.29, 0.717) is 5.75 Å². The molecule has 0 atom stereocenters. The number of benzene rings is 1. The van der Waals surface area contributed by atoms with Crippen LogP contribution in [0.25, 0.3) is 6.08 Å². The quantitative estimate of drug-likeness (QED) is 0.203. The first-order valence-electron chi connectivity index (χ1n) is 5.54. The molecule has 0 fully saturated rings. The van der Waals surface area contributed by atoms with Gasteiger partial charge in [0, 0.05) is 0 Å². The molecule has 0 heterocycles. The number of carbonyl (C=O) groups excluding carboxylic acids is 2. The number of esters is 1. The molecule has 0 amide bonds. The number of nitro groups is 1. The summed E-state index contributed by atoms with van der Waals surface area (Å²) in [5.74, 6) is -1.08. The molecular weight excluding hydrogens is 266 g/mol. The van der Waals surface area contributed by atoms with E-state index >= 15 is 0 Å². The van der Waals surface area contributed by atoms with E-state index in [0.717, 1.165) is 13.2 Å². The van der Waals surface area contributed by atoms with Crippen LogP contribution in [0.3, 0.4) is 0 Å². The van der Waals surface area contributed by atoms with Crippen molar-refractivity contribution in [2.45, 2.75) is 6.92 Å². The lowest BCUT2D eigenvalue weighted by atomic mass is 10.1. The van der Waals surface area contributed by atoms with Gasteiger partial charge in [-0.25, -0.2) is 4.79 Å². The molecule has 0 aliphatic carbocycles. The second kappa shape index (κ2) is 6.46. The van der Waals surface area contributed by atoms with E-state index in [4.69, 9.17) is 4.74 Å². The highest BCUT2D eigenvalue weighted by atomic mass is 16.6. The van der Waals surface area contributed by atoms with Crippen molar-refractivity contribution in [1.29, 1.82) is 0 Å². The van der Waals surface area contributed by atoms with Crippen LogP contribution in [0.4, 0.5) is 5.69 Å². The molecule has 0 bridgehead atoms. The summed E-state index contributed by atoms with van der Waals surface area (Å²) in [7, 11) is 2.51. The Morgan fingerprint density at radius 3 is 2.40 bits per heavy atom. The van der Waals surface area contributed by atoms with Gasteiger partial charge in [0.2, 0.25) is 0 Å². The molecule has 0 N–H and O–H groups in total. The molecule has 7 heteroatoms. The van der Waals surface area contributed by atoms with Crippen LogP contribution in [0.1, 0.15) is 12.5 Å². The van der Waals surface area contributed by atoms with Crippen molar-refractivity contribution in [3.63, 3.8) is 0 Å². The zero-order chi connectivity index (χ0) is 15.3. The molecule has 7 nitrogen and oxygen atoms in total. The van der Waals surface area contributed by atoms with Gasteiger partial charge in [0.05, 0.1) is 30.8 Å². The third kappa shape index (κ3) is 3.41. The Labute approximate surface area is 114 Å². The first kappa shape index (κ1) is 15.4. The van der Waals surface area contributed by atoms with Crippen molar-refractivity contribution >= 4 is 23.5 Å². The maximum atomic E-state index is 11.5. The van der Waals surface area contributed by atoms with Crippen LogP contribution in [0.5, 0.6) is 5.75 Å². The summed E-state index contributed by atoms with van der Waals surface area (Å²) in [6.45, 7) is 1.18. The third-order valence-electron chi connectivity index (χ3n) is 2.52. The largest absolute Gasteiger partial charge is 0.497 e. The fourth-order valence-corrected chi connectivity index (χ4v) is 1.50. The summed E-state index contributed by atoms with van der Waals surface area (Å²) in [6.07, 6.45) is 1.13. The number of ether oxygens (including phenoxy) is 2. The lowest BCUT2D eigenvalue weighted by Crippen LogP contribution is -2.11. The van der Waals surface area contributed by atoms with Gasteiger partial charge >= 0.3 is 5.97 Å². The molecule has 0 aliphatic rings. The number of rotatable bonds is 5. The first-order valence-corrected chi connectivity index (χ1v) is 5.54. The molecule has 0 aliphatic heterocycles. The van der Waals surface area contributed by atoms with Gasteiger partial charge in [0.1, 0.15) is 11.3 Å². The zero-order valence-corrected chi connectivity index (χ0v) is 11.2. The minimum atomic E-state index is -0.845. The van der Waals surface area contributed by atoms with E-state index < -0.39 is 16.7 Å². The van der Waals surface area contributed by atoms with Crippen molar-refractivity contribution in [2.75, 3.05) is 14.2 Å². The van der Waals surface area contributed by atoms with Gasteiger partial charge < -0.3 is 9.47 Å². The maximum absolute atomic E-state index is 11.5. The van der Waals surface area contributed by atoms with Crippen LogP contribution >= 0.6 is 0 Å². The Kier molecular flexibility index (Phi) is 4.96. The van der Waals surface area contributed by atoms with Gasteiger partial charge in [-0.05, 0) is 25.1 Å². The van der Waals surface area contributed by atoms with Crippen LogP contribution in [0.2, 0.25) is 0 Å². The number of hydrogen-bond donors (Lipinski definition) is 0. The van der Waals surface area contributed by atoms with Crippen LogP contribution in [0, 0.1) is 10.1 Å². The van der Waals surface area contributed by atoms with Gasteiger partial charge in [-0.3, -0.25) is 14.9 Å². The van der Waals surface area contributed by atoms with E-state index in [9.17, 15) is 19.7 Å². The first-order chi connectivity index (χ1) is 9.40. The number of nitrogens with zero attached hydrogens (tertiary/aromatic N) is 1. The van der Waals surface area contributed by atoms with Crippen molar-refractivity contribution in [3.05, 3.63) is 39.4 Å². The van der Waals surface area contributed by atoms with Crippen molar-refractivity contribution in [2.24, 2.45) is 0 Å². The molecule has 0 radical (unpaired) electrons. The highest BCUT2D eigenvalue weighted by Gasteiger charge is 2.19. The molecule has 20 heavy (non-hydrogen) atoms. The maximum Gasteiger partial charge on any atom is 0.341 e. The monoisotopic (exact) mass is 279 g/mol. The Hall–Kier alpha value is -2.70. The molecule has 0 saturated heterocycles. The highest BCUT2D eigenvalue weighted by Crippen LogP contribution is 2.26. The van der Waals surface area contributed by atoms with E-state index in [-0.39, 0.29) is 16.8 Å². The summed E-state index contributed by atoms with van der Waals surface area (Å²) >= 11 is 0. The number of methoxy groups -OCH3 is 2. The van der Waals surface area contributed by atoms with Crippen molar-refractivity contribution in [1.82, 2.24) is 0 Å². The Morgan fingerprint density at radius 2 is 1.95 bits per heavy atom. The molecule has 0 aromatic heterocycles. The van der Waals surface area contributed by atoms with E-state index in [2.05, 4.69) is 4.74 Å². The normalized spacial score (nSPS) is 10.8. The van der Waals surface area contributed by atoms with Crippen LogP contribution < -0.4 is 4.74 Å². The molecule has 0 unspecified atom stereocenters. The average molecular weight is 279 g/mol. The molecule has 0 spiro atoms. The fourth-order valence-electron chi connectivity index (χ4n) is 1.50. The Morgan fingerprint density at radius 1 is 1.30 bits per heavy atom. The molecular formula is C13H13NO6. The SMILES string of the molecule is COC(=O)/C(=C/c1ccc(OC)cc1[N+](=O)[O-])C(C)=O.